The van der Waals surface area contributed by atoms with Gasteiger partial charge in [-0.15, -0.1) is 0 Å². The molecule has 0 unspecified atom stereocenters. The fraction of sp³-hybridized carbons (Fsp3) is 0.400. The molecule has 1 saturated carbocycles. The van der Waals surface area contributed by atoms with Crippen LogP contribution in [0.1, 0.15) is 35.4 Å². The minimum atomic E-state index is -0.216. The highest BCUT2D eigenvalue weighted by molar-refractivity contribution is 5.96. The number of hydrogen-bond acceptors (Lipinski definition) is 3. The van der Waals surface area contributed by atoms with Crippen LogP contribution in [0, 0.1) is 6.92 Å². The highest BCUT2D eigenvalue weighted by atomic mass is 16.3. The van der Waals surface area contributed by atoms with Crippen LogP contribution < -0.4 is 11.1 Å². The van der Waals surface area contributed by atoms with E-state index in [2.05, 4.69) is 5.32 Å². The standard InChI is InChI=1S/C15H18N2O2/c1-10-3-4-12-11(7-10)8-13(19-12)14(18)17-15(9-16)5-2-6-15/h3-4,7-8H,2,5-6,9,16H2,1H3,(H,17,18). The number of furan rings is 1. The van der Waals surface area contributed by atoms with E-state index in [0.29, 0.717) is 12.3 Å². The molecule has 4 heteroatoms. The molecular formula is C15H18N2O2. The zero-order valence-electron chi connectivity index (χ0n) is 11.0. The lowest BCUT2D eigenvalue weighted by Gasteiger charge is -2.41. The van der Waals surface area contributed by atoms with Crippen LogP contribution in [0.15, 0.2) is 28.7 Å². The molecule has 3 rings (SSSR count). The first kappa shape index (κ1) is 12.2. The number of nitrogens with one attached hydrogen (secondary N) is 1. The SMILES string of the molecule is Cc1ccc2oc(C(=O)NC3(CN)CCC3)cc2c1. The minimum absolute atomic E-state index is 0.168. The van der Waals surface area contributed by atoms with Gasteiger partial charge >= 0.3 is 0 Å². The Balaban J connectivity index is 1.85. The van der Waals surface area contributed by atoms with Gasteiger partial charge in [0.15, 0.2) is 5.76 Å². The average Bonchev–Trinajstić information content (AvgIpc) is 2.76. The number of benzene rings is 1. The molecule has 2 aromatic rings. The second kappa shape index (κ2) is 4.38. The van der Waals surface area contributed by atoms with Crippen molar-refractivity contribution in [3.63, 3.8) is 0 Å². The highest BCUT2D eigenvalue weighted by Crippen LogP contribution is 2.31. The van der Waals surface area contributed by atoms with Crippen LogP contribution in [0.4, 0.5) is 0 Å². The maximum atomic E-state index is 12.2. The fourth-order valence-electron chi connectivity index (χ4n) is 2.56. The van der Waals surface area contributed by atoms with Crippen molar-refractivity contribution in [2.24, 2.45) is 5.73 Å². The number of nitrogens with two attached hydrogens (primary N) is 1. The Morgan fingerprint density at radius 1 is 1.42 bits per heavy atom. The maximum absolute atomic E-state index is 12.2. The summed E-state index contributed by atoms with van der Waals surface area (Å²) in [5.74, 6) is 0.194. The minimum Gasteiger partial charge on any atom is -0.451 e. The van der Waals surface area contributed by atoms with Crippen LogP contribution >= 0.6 is 0 Å². The summed E-state index contributed by atoms with van der Waals surface area (Å²) in [7, 11) is 0. The number of carbonyl (C=O) groups excluding carboxylic acids is 1. The predicted octanol–water partition coefficient (Wildman–Crippen LogP) is 2.35. The Kier molecular flexibility index (Phi) is 2.82. The summed E-state index contributed by atoms with van der Waals surface area (Å²) in [4.78, 5) is 12.2. The van der Waals surface area contributed by atoms with E-state index in [4.69, 9.17) is 10.2 Å². The molecule has 1 fully saturated rings. The normalized spacial score (nSPS) is 17.2. The Labute approximate surface area is 112 Å². The van der Waals surface area contributed by atoms with Crippen LogP contribution in [0.25, 0.3) is 11.0 Å². The van der Waals surface area contributed by atoms with Crippen molar-refractivity contribution < 1.29 is 9.21 Å². The van der Waals surface area contributed by atoms with Crippen molar-refractivity contribution in [3.8, 4) is 0 Å². The smallest absolute Gasteiger partial charge is 0.287 e. The quantitative estimate of drug-likeness (QED) is 0.888. The zero-order chi connectivity index (χ0) is 13.5. The van der Waals surface area contributed by atoms with Crippen molar-refractivity contribution >= 4 is 16.9 Å². The highest BCUT2D eigenvalue weighted by Gasteiger charge is 2.37. The summed E-state index contributed by atoms with van der Waals surface area (Å²) in [5, 5.41) is 3.97. The van der Waals surface area contributed by atoms with Crippen LogP contribution in [-0.2, 0) is 0 Å². The molecule has 0 bridgehead atoms. The van der Waals surface area contributed by atoms with Crippen molar-refractivity contribution in [1.82, 2.24) is 5.32 Å². The molecule has 0 aliphatic heterocycles. The largest absolute Gasteiger partial charge is 0.451 e. The molecule has 1 aromatic heterocycles. The first-order chi connectivity index (χ1) is 9.12. The van der Waals surface area contributed by atoms with E-state index in [1.54, 1.807) is 6.07 Å². The second-order valence-corrected chi connectivity index (χ2v) is 5.44. The Bertz CT molecular complexity index is 621. The molecule has 3 N–H and O–H groups in total. The number of fused-ring (bicyclic) bond motifs is 1. The molecule has 100 valence electrons. The lowest BCUT2D eigenvalue weighted by Crippen LogP contribution is -2.58. The molecule has 4 nitrogen and oxygen atoms in total. The topological polar surface area (TPSA) is 68.3 Å². The molecule has 0 atom stereocenters. The van der Waals surface area contributed by atoms with Gasteiger partial charge in [0.1, 0.15) is 5.58 Å². The van der Waals surface area contributed by atoms with E-state index in [-0.39, 0.29) is 11.4 Å². The van der Waals surface area contributed by atoms with Gasteiger partial charge in [-0.05, 0) is 44.4 Å². The summed E-state index contributed by atoms with van der Waals surface area (Å²) in [6.45, 7) is 2.50. The van der Waals surface area contributed by atoms with Crippen LogP contribution in [0.5, 0.6) is 0 Å². The Hall–Kier alpha value is -1.81. The monoisotopic (exact) mass is 258 g/mol. The lowest BCUT2D eigenvalue weighted by molar-refractivity contribution is 0.0811. The number of carbonyl (C=O) groups is 1. The molecule has 0 radical (unpaired) electrons. The summed E-state index contributed by atoms with van der Waals surface area (Å²) < 4.78 is 5.59. The van der Waals surface area contributed by atoms with Gasteiger partial charge in [0.05, 0.1) is 5.54 Å². The molecule has 1 amide bonds. The predicted molar refractivity (Wildman–Crippen MR) is 74.1 cm³/mol. The number of hydrogen-bond donors (Lipinski definition) is 2. The molecule has 1 aromatic carbocycles. The van der Waals surface area contributed by atoms with E-state index < -0.39 is 0 Å². The van der Waals surface area contributed by atoms with E-state index >= 15 is 0 Å². The van der Waals surface area contributed by atoms with Crippen molar-refractivity contribution in [2.45, 2.75) is 31.7 Å². The third kappa shape index (κ3) is 2.12. The van der Waals surface area contributed by atoms with Gasteiger partial charge in [0, 0.05) is 11.9 Å². The van der Waals surface area contributed by atoms with Gasteiger partial charge in [-0.25, -0.2) is 0 Å². The van der Waals surface area contributed by atoms with Gasteiger partial charge in [-0.3, -0.25) is 4.79 Å². The first-order valence-corrected chi connectivity index (χ1v) is 6.65. The summed E-state index contributed by atoms with van der Waals surface area (Å²) in [5.41, 5.74) is 7.42. The molecule has 0 saturated heterocycles. The molecule has 1 heterocycles. The molecule has 1 aliphatic rings. The van der Waals surface area contributed by atoms with E-state index in [1.165, 1.54) is 0 Å². The third-order valence-corrected chi connectivity index (χ3v) is 3.98. The first-order valence-electron chi connectivity index (χ1n) is 6.65. The number of rotatable bonds is 3. The van der Waals surface area contributed by atoms with Crippen LogP contribution in [0.2, 0.25) is 0 Å². The summed E-state index contributed by atoms with van der Waals surface area (Å²) in [6.07, 6.45) is 3.03. The van der Waals surface area contributed by atoms with E-state index in [9.17, 15) is 4.79 Å². The number of aryl methyl sites for hydroxylation is 1. The van der Waals surface area contributed by atoms with Crippen LogP contribution in [-0.4, -0.2) is 18.0 Å². The van der Waals surface area contributed by atoms with E-state index in [1.807, 2.05) is 25.1 Å². The molecule has 1 aliphatic carbocycles. The zero-order valence-corrected chi connectivity index (χ0v) is 11.0. The van der Waals surface area contributed by atoms with Gasteiger partial charge in [0.25, 0.3) is 5.91 Å². The van der Waals surface area contributed by atoms with Crippen molar-refractivity contribution in [3.05, 3.63) is 35.6 Å². The molecule has 0 spiro atoms. The summed E-state index contributed by atoms with van der Waals surface area (Å²) in [6, 6.07) is 7.67. The fourth-order valence-corrected chi connectivity index (χ4v) is 2.56. The van der Waals surface area contributed by atoms with Gasteiger partial charge < -0.3 is 15.5 Å². The lowest BCUT2D eigenvalue weighted by atomic mass is 9.77. The summed E-state index contributed by atoms with van der Waals surface area (Å²) >= 11 is 0. The average molecular weight is 258 g/mol. The third-order valence-electron chi connectivity index (χ3n) is 3.98. The number of amides is 1. The Morgan fingerprint density at radius 3 is 2.84 bits per heavy atom. The van der Waals surface area contributed by atoms with Crippen LogP contribution in [0.3, 0.4) is 0 Å². The van der Waals surface area contributed by atoms with Crippen molar-refractivity contribution in [1.29, 1.82) is 0 Å². The molecular weight excluding hydrogens is 240 g/mol. The van der Waals surface area contributed by atoms with Gasteiger partial charge in [-0.2, -0.15) is 0 Å². The van der Waals surface area contributed by atoms with Crippen molar-refractivity contribution in [2.75, 3.05) is 6.54 Å². The maximum Gasteiger partial charge on any atom is 0.287 e. The second-order valence-electron chi connectivity index (χ2n) is 5.44. The van der Waals surface area contributed by atoms with Gasteiger partial charge in [0.2, 0.25) is 0 Å². The van der Waals surface area contributed by atoms with Gasteiger partial charge in [-0.1, -0.05) is 11.6 Å². The molecule has 19 heavy (non-hydrogen) atoms. The Morgan fingerprint density at radius 2 is 2.21 bits per heavy atom. The van der Waals surface area contributed by atoms with E-state index in [0.717, 1.165) is 35.8 Å².